The van der Waals surface area contributed by atoms with Crippen LogP contribution >= 0.6 is 11.6 Å². The van der Waals surface area contributed by atoms with E-state index in [0.717, 1.165) is 201 Å². The monoisotopic (exact) mass is 1890 g/mol. The number of aliphatic hydroxyl groups is 2. The van der Waals surface area contributed by atoms with Crippen molar-refractivity contribution in [3.63, 3.8) is 0 Å². The highest BCUT2D eigenvalue weighted by Crippen LogP contribution is 2.48. The zero-order valence-corrected chi connectivity index (χ0v) is 77.0. The van der Waals surface area contributed by atoms with Crippen LogP contribution in [0.1, 0.15) is 187 Å². The molecule has 9 aliphatic carbocycles. The van der Waals surface area contributed by atoms with E-state index in [2.05, 4.69) is 19.7 Å². The van der Waals surface area contributed by atoms with Crippen molar-refractivity contribution < 1.29 is 134 Å². The third kappa shape index (κ3) is 27.8. The molecule has 29 heteroatoms. The van der Waals surface area contributed by atoms with Gasteiger partial charge in [0.15, 0.2) is 39.2 Å². The summed E-state index contributed by atoms with van der Waals surface area (Å²) in [4.78, 5) is 95.8. The maximum atomic E-state index is 13.3. The number of aromatic carboxylic acids is 1. The molecule has 28 nitrogen and oxygen atoms in total. The number of ether oxygens (including phenoxy) is 17. The summed E-state index contributed by atoms with van der Waals surface area (Å²) in [5.74, 6) is 0.934. The number of hydrogen-bond acceptors (Lipinski definition) is 27. The number of aliphatic hydroxyl groups excluding tert-OH is 2. The van der Waals surface area contributed by atoms with Gasteiger partial charge in [0.25, 0.3) is 0 Å². The van der Waals surface area contributed by atoms with Crippen molar-refractivity contribution in [2.75, 3.05) is 53.8 Å². The van der Waals surface area contributed by atoms with Crippen LogP contribution in [0.3, 0.4) is 0 Å². The van der Waals surface area contributed by atoms with Gasteiger partial charge < -0.3 is 95.8 Å². The van der Waals surface area contributed by atoms with Gasteiger partial charge in [-0.15, -0.1) is 0 Å². The van der Waals surface area contributed by atoms with Gasteiger partial charge in [-0.3, -0.25) is 4.79 Å². The summed E-state index contributed by atoms with van der Waals surface area (Å²) in [6.07, 6.45) is 21.0. The summed E-state index contributed by atoms with van der Waals surface area (Å²) in [6.45, 7) is 11.9. The summed E-state index contributed by atoms with van der Waals surface area (Å²) in [6, 6.07) is 54.5. The van der Waals surface area contributed by atoms with Crippen molar-refractivity contribution in [1.82, 2.24) is 0 Å². The van der Waals surface area contributed by atoms with Gasteiger partial charge in [-0.2, -0.15) is 0 Å². The smallest absolute Gasteiger partial charge is 0.338 e. The van der Waals surface area contributed by atoms with Crippen LogP contribution in [-0.2, 0) is 71.2 Å². The topological polar surface area (TPSA) is 354 Å². The number of carbonyl (C=O) groups is 8. The van der Waals surface area contributed by atoms with E-state index in [1.54, 1.807) is 84.9 Å². The Morgan fingerprint density at radius 3 is 0.774 bits per heavy atom. The Bertz CT molecular complexity index is 5630. The fraction of sp³-hybridized carbons (Fsp3) is 0.407. The van der Waals surface area contributed by atoms with Gasteiger partial charge in [-0.05, 0) is 363 Å². The van der Waals surface area contributed by atoms with Gasteiger partial charge in [0.2, 0.25) is 18.8 Å². The highest BCUT2D eigenvalue weighted by atomic mass is 35.5. The molecule has 3 aliphatic heterocycles. The molecule has 12 fully saturated rings. The lowest BCUT2D eigenvalue weighted by atomic mass is 9.67. The first-order valence-electron chi connectivity index (χ1n) is 47.0. The van der Waals surface area contributed by atoms with Crippen molar-refractivity contribution in [3.05, 3.63) is 248 Å². The zero-order chi connectivity index (χ0) is 95.7. The molecule has 15 atom stereocenters. The normalized spacial score (nSPS) is 23.7. The van der Waals surface area contributed by atoms with Crippen LogP contribution in [0.25, 0.3) is 53.9 Å². The first kappa shape index (κ1) is 99.1. The Hall–Kier alpha value is -12.4. The molecular weight excluding hydrogens is 1780 g/mol. The van der Waals surface area contributed by atoms with Crippen LogP contribution in [0.4, 0.5) is 0 Å². The highest BCUT2D eigenvalue weighted by Gasteiger charge is 2.48. The number of esters is 6. The van der Waals surface area contributed by atoms with Crippen LogP contribution in [0.5, 0.6) is 28.7 Å². The zero-order valence-electron chi connectivity index (χ0n) is 76.3. The van der Waals surface area contributed by atoms with Crippen molar-refractivity contribution in [3.8, 4) is 28.7 Å². The van der Waals surface area contributed by atoms with Gasteiger partial charge in [0, 0.05) is 32.0 Å². The molecule has 10 aromatic carbocycles. The summed E-state index contributed by atoms with van der Waals surface area (Å²) in [7, 11) is 0. The number of carbonyl (C=O) groups excluding carboxylic acids is 7. The number of carboxylic acids is 1. The van der Waals surface area contributed by atoms with Gasteiger partial charge in [0.1, 0.15) is 53.2 Å². The summed E-state index contributed by atoms with van der Waals surface area (Å²) < 4.78 is 95.5. The van der Waals surface area contributed by atoms with E-state index in [9.17, 15) is 48.6 Å². The molecule has 3 N–H and O–H groups in total. The molecule has 722 valence electrons. The van der Waals surface area contributed by atoms with Crippen molar-refractivity contribution in [1.29, 1.82) is 0 Å². The first-order valence-corrected chi connectivity index (χ1v) is 47.3. The Labute approximate surface area is 798 Å². The van der Waals surface area contributed by atoms with E-state index in [-0.39, 0.29) is 143 Å². The molecule has 0 amide bonds. The number of fused-ring (bicyclic) bond motifs is 14. The first-order chi connectivity index (χ1) is 66.6. The molecule has 137 heavy (non-hydrogen) atoms. The Kier molecular flexibility index (Phi) is 35.2. The summed E-state index contributed by atoms with van der Waals surface area (Å²) in [5.41, 5.74) is 2.21. The lowest BCUT2D eigenvalue weighted by molar-refractivity contribution is -0.191. The second kappa shape index (κ2) is 48.6. The van der Waals surface area contributed by atoms with Gasteiger partial charge >= 0.3 is 41.8 Å². The van der Waals surface area contributed by atoms with Gasteiger partial charge in [0.05, 0.1) is 40.0 Å². The van der Waals surface area contributed by atoms with E-state index in [0.29, 0.717) is 88.5 Å². The lowest BCUT2D eigenvalue weighted by Crippen LogP contribution is -2.47. The molecule has 3 saturated heterocycles. The number of halogens is 1. The maximum absolute atomic E-state index is 13.3. The van der Waals surface area contributed by atoms with E-state index in [4.69, 9.17) is 97.2 Å². The quantitative estimate of drug-likeness (QED) is 0.0124. The number of carboxylic acid groups (broad SMARTS) is 1. The summed E-state index contributed by atoms with van der Waals surface area (Å²) in [5, 5.41) is 36.2. The third-order valence-corrected chi connectivity index (χ3v) is 26.8. The van der Waals surface area contributed by atoms with Crippen molar-refractivity contribution in [2.24, 2.45) is 35.5 Å². The largest absolute Gasteiger partial charge is 0.478 e. The molecule has 9 saturated carbocycles. The highest BCUT2D eigenvalue weighted by molar-refractivity contribution is 6.66. The van der Waals surface area contributed by atoms with E-state index < -0.39 is 23.2 Å². The molecule has 3 heterocycles. The SMILES string of the molecule is C=CC(=O)Cl.C=CC(=O)OCOc1ccc2cc(C(=O)OC3CC4CCC3CC4OC(=O)c3ccc4cc(OCOC(=O)C=C)ccc4c3)ccc2c1.O=C(O)c1ccc2cc(OCOC3CCCCO3)ccc2c1.O=C(OC1CC2CCC1CC2OC(=O)c1ccc2cc(OCOC3CCCCO3)ccc2c1)c1ccc2cc(OCOC3CCCCO3)ccc2c1.OC1CC2CCC1CC2O. The Morgan fingerprint density at radius 1 is 0.307 bits per heavy atom. The van der Waals surface area contributed by atoms with Crippen LogP contribution in [0.15, 0.2) is 220 Å². The Morgan fingerprint density at radius 2 is 0.547 bits per heavy atom. The molecular formula is C108H115ClO28. The van der Waals surface area contributed by atoms with Gasteiger partial charge in [-0.1, -0.05) is 80.4 Å². The van der Waals surface area contributed by atoms with E-state index in [1.165, 1.54) is 0 Å². The molecule has 22 rings (SSSR count). The minimum absolute atomic E-state index is 0.105. The van der Waals surface area contributed by atoms with Crippen LogP contribution in [0, 0.1) is 35.5 Å². The van der Waals surface area contributed by atoms with Crippen molar-refractivity contribution >= 4 is 112 Å². The average Bonchev–Trinajstić information content (AvgIpc) is 0.788. The fourth-order valence-corrected chi connectivity index (χ4v) is 19.1. The maximum Gasteiger partial charge on any atom is 0.338 e. The predicted molar refractivity (Wildman–Crippen MR) is 507 cm³/mol. The second-order valence-electron chi connectivity index (χ2n) is 35.6. The average molecular weight is 1900 g/mol. The van der Waals surface area contributed by atoms with Gasteiger partial charge in [-0.25, -0.2) is 33.6 Å². The Balaban J connectivity index is 0.000000152. The molecule has 12 aliphatic rings. The number of benzene rings is 10. The van der Waals surface area contributed by atoms with Crippen LogP contribution in [-0.4, -0.2) is 172 Å². The molecule has 0 radical (unpaired) electrons. The second-order valence-corrected chi connectivity index (χ2v) is 36.0. The van der Waals surface area contributed by atoms with Crippen LogP contribution < -0.4 is 23.7 Å². The van der Waals surface area contributed by atoms with Crippen molar-refractivity contribution in [2.45, 2.75) is 190 Å². The molecule has 0 spiro atoms. The van der Waals surface area contributed by atoms with Crippen LogP contribution in [0.2, 0.25) is 0 Å². The third-order valence-electron chi connectivity index (χ3n) is 26.6. The lowest BCUT2D eigenvalue weighted by Gasteiger charge is -2.45. The number of rotatable bonds is 30. The number of allylic oxidation sites excluding steroid dienone is 1. The van der Waals surface area contributed by atoms with E-state index >= 15 is 0 Å². The minimum atomic E-state index is -0.928. The molecule has 15 unspecified atom stereocenters. The summed E-state index contributed by atoms with van der Waals surface area (Å²) >= 11 is 4.71. The molecule has 10 aromatic rings. The minimum Gasteiger partial charge on any atom is -0.478 e. The van der Waals surface area contributed by atoms with E-state index in [1.807, 2.05) is 97.1 Å². The predicted octanol–water partition coefficient (Wildman–Crippen LogP) is 19.9. The standard InChI is InChI=1S/C42H46O10.C38H34O10.C17H18O5.C8H14O2.C3H3ClO/c43-41(33-11-7-29-21-35(15-13-27(29)19-33)47-25-49-39-5-1-3-17-45-39)51-37-23-32-10-9-31(37)24-38(32)52-42(44)34-12-8-30-22-36(16-14-28(30)20-34)48-26-50-40-6-2-4-18-46-40;1-3-35(39)45-21-43-31-13-11-23-15-29(9-5-25(23)17-31)37(41)47-33-19-28-8-7-27(33)20-34(28)48-38(42)30-10-6-26-18-32(14-12-24(26)16-30)44-22-46-36(40)4-2;18-17(19)14-5-4-13-10-15(7-6-12(13)9-14)21-11-22-16-3-1-2-8-20-16;9-7-4-6-2-1-5(7)3-8(6)10;1-2-3(4)5/h7-8,11-16,19-22,31-32,37-40H,1-6,9-10,17-18,23-26H2;3-6,9-18,27-28,33-34H,1-2,7-8,19-22H2;4-7,9-10,16H,1-3,8,11H2,(H,18,19);5-10H,1-4H2;2H,1H2. The molecule has 0 aromatic heterocycles. The number of hydrogen-bond donors (Lipinski definition) is 3. The fourth-order valence-electron chi connectivity index (χ4n) is 19.1. The molecule has 6 bridgehead atoms.